The molecule has 1 heterocycles. The quantitative estimate of drug-likeness (QED) is 0.753. The monoisotopic (exact) mass is 334 g/mol. The van der Waals surface area contributed by atoms with Gasteiger partial charge in [0.15, 0.2) is 0 Å². The summed E-state index contributed by atoms with van der Waals surface area (Å²) in [5.74, 6) is 0. The number of sulfonamides is 1. The van der Waals surface area contributed by atoms with Crippen LogP contribution in [0.1, 0.15) is 32.6 Å². The maximum atomic E-state index is 12.9. The van der Waals surface area contributed by atoms with Crippen molar-refractivity contribution in [3.05, 3.63) is 16.3 Å². The summed E-state index contributed by atoms with van der Waals surface area (Å²) in [6.45, 7) is 9.17. The van der Waals surface area contributed by atoms with Crippen LogP contribution < -0.4 is 5.32 Å². The average Bonchev–Trinajstić information content (AvgIpc) is 2.85. The minimum absolute atomic E-state index is 0.101. The summed E-state index contributed by atoms with van der Waals surface area (Å²) >= 11 is 1.47. The maximum absolute atomic E-state index is 12.9. The molecule has 0 fully saturated rings. The number of nitrogens with zero attached hydrogens (tertiary/aromatic N) is 1. The Morgan fingerprint density at radius 2 is 2.00 bits per heavy atom. The van der Waals surface area contributed by atoms with Crippen molar-refractivity contribution in [2.24, 2.45) is 0 Å². The van der Waals surface area contributed by atoms with Crippen molar-refractivity contribution in [2.75, 3.05) is 20.3 Å². The molecule has 122 valence electrons. The van der Waals surface area contributed by atoms with E-state index in [0.717, 1.165) is 4.88 Å². The lowest BCUT2D eigenvalue weighted by molar-refractivity contribution is 0.171. The fourth-order valence-electron chi connectivity index (χ4n) is 1.95. The molecule has 0 radical (unpaired) electrons. The van der Waals surface area contributed by atoms with Crippen molar-refractivity contribution >= 4 is 21.4 Å². The number of hydrogen-bond donors (Lipinski definition) is 1. The van der Waals surface area contributed by atoms with E-state index in [1.54, 1.807) is 13.2 Å². The maximum Gasteiger partial charge on any atom is 0.244 e. The van der Waals surface area contributed by atoms with Gasteiger partial charge in [-0.3, -0.25) is 0 Å². The third kappa shape index (κ3) is 5.03. The average molecular weight is 335 g/mol. The van der Waals surface area contributed by atoms with Gasteiger partial charge in [-0.1, -0.05) is 13.8 Å². The molecule has 0 aliphatic rings. The lowest BCUT2D eigenvalue weighted by Gasteiger charge is -2.25. The molecule has 0 amide bonds. The highest BCUT2D eigenvalue weighted by atomic mass is 32.2. The van der Waals surface area contributed by atoms with Crippen LogP contribution in [-0.4, -0.2) is 45.1 Å². The van der Waals surface area contributed by atoms with E-state index >= 15 is 0 Å². The summed E-state index contributed by atoms with van der Waals surface area (Å²) in [4.78, 5) is 1.26. The second-order valence-electron chi connectivity index (χ2n) is 5.45. The number of hydrogen-bond acceptors (Lipinski definition) is 5. The van der Waals surface area contributed by atoms with Gasteiger partial charge < -0.3 is 10.1 Å². The van der Waals surface area contributed by atoms with Gasteiger partial charge in [0, 0.05) is 37.2 Å². The summed E-state index contributed by atoms with van der Waals surface area (Å²) in [5, 5.41) is 5.11. The summed E-state index contributed by atoms with van der Waals surface area (Å²) in [7, 11) is -1.91. The number of thiophene rings is 1. The molecular formula is C14H26N2O3S2. The first-order chi connectivity index (χ1) is 9.80. The van der Waals surface area contributed by atoms with E-state index in [9.17, 15) is 8.42 Å². The van der Waals surface area contributed by atoms with Gasteiger partial charge in [0.25, 0.3) is 0 Å². The van der Waals surface area contributed by atoms with E-state index in [0.29, 0.717) is 30.6 Å². The van der Waals surface area contributed by atoms with Crippen molar-refractivity contribution in [1.29, 1.82) is 0 Å². The van der Waals surface area contributed by atoms with Gasteiger partial charge in [0.1, 0.15) is 0 Å². The first kappa shape index (κ1) is 18.6. The standard InChI is InChI=1S/C14H26N2O3S2/c1-11(2)15-10-13-14(6-9-20-13)21(17,18)16(12(3)4)7-8-19-5/h6,9,11-12,15H,7-8,10H2,1-5H3. The summed E-state index contributed by atoms with van der Waals surface area (Å²) in [5.41, 5.74) is 0. The molecule has 1 N–H and O–H groups in total. The SMILES string of the molecule is COCCN(C(C)C)S(=O)(=O)c1ccsc1CNC(C)C. The van der Waals surface area contributed by atoms with Crippen LogP contribution in [0.25, 0.3) is 0 Å². The Hall–Kier alpha value is -0.470. The third-order valence-electron chi connectivity index (χ3n) is 3.05. The topological polar surface area (TPSA) is 58.6 Å². The zero-order valence-electron chi connectivity index (χ0n) is 13.4. The molecule has 0 aromatic carbocycles. The molecule has 5 nitrogen and oxygen atoms in total. The molecule has 1 rings (SSSR count). The van der Waals surface area contributed by atoms with Gasteiger partial charge in [-0.15, -0.1) is 11.3 Å². The summed E-state index contributed by atoms with van der Waals surface area (Å²) in [6.07, 6.45) is 0. The van der Waals surface area contributed by atoms with Gasteiger partial charge in [-0.25, -0.2) is 8.42 Å². The van der Waals surface area contributed by atoms with Gasteiger partial charge in [0.2, 0.25) is 10.0 Å². The smallest absolute Gasteiger partial charge is 0.244 e. The largest absolute Gasteiger partial charge is 0.383 e. The Bertz CT molecular complexity index is 524. The van der Waals surface area contributed by atoms with Crippen molar-refractivity contribution in [2.45, 2.75) is 51.2 Å². The lowest BCUT2D eigenvalue weighted by atomic mass is 10.4. The predicted molar refractivity (Wildman–Crippen MR) is 87.2 cm³/mol. The van der Waals surface area contributed by atoms with Crippen molar-refractivity contribution < 1.29 is 13.2 Å². The number of rotatable bonds is 9. The Labute approximate surface area is 132 Å². The highest BCUT2D eigenvalue weighted by molar-refractivity contribution is 7.89. The van der Waals surface area contributed by atoms with Crippen LogP contribution in [0.15, 0.2) is 16.3 Å². The molecule has 21 heavy (non-hydrogen) atoms. The predicted octanol–water partition coefficient (Wildman–Crippen LogP) is 2.29. The normalized spacial score (nSPS) is 12.8. The molecule has 0 atom stereocenters. The van der Waals surface area contributed by atoms with Crippen molar-refractivity contribution in [1.82, 2.24) is 9.62 Å². The minimum Gasteiger partial charge on any atom is -0.383 e. The van der Waals surface area contributed by atoms with Crippen LogP contribution in [-0.2, 0) is 21.3 Å². The zero-order chi connectivity index (χ0) is 16.0. The van der Waals surface area contributed by atoms with E-state index < -0.39 is 10.0 Å². The molecule has 1 aromatic heterocycles. The molecule has 0 spiro atoms. The van der Waals surface area contributed by atoms with E-state index in [-0.39, 0.29) is 6.04 Å². The van der Waals surface area contributed by atoms with Gasteiger partial charge in [-0.2, -0.15) is 4.31 Å². The molecule has 0 unspecified atom stereocenters. The van der Waals surface area contributed by atoms with E-state index in [1.807, 2.05) is 33.1 Å². The molecular weight excluding hydrogens is 308 g/mol. The van der Waals surface area contributed by atoms with Crippen LogP contribution >= 0.6 is 11.3 Å². The van der Waals surface area contributed by atoms with Gasteiger partial charge >= 0.3 is 0 Å². The van der Waals surface area contributed by atoms with Crippen LogP contribution in [0.4, 0.5) is 0 Å². The molecule has 0 aliphatic heterocycles. The molecule has 1 aromatic rings. The highest BCUT2D eigenvalue weighted by Gasteiger charge is 2.29. The molecule has 0 saturated carbocycles. The van der Waals surface area contributed by atoms with Gasteiger partial charge in [-0.05, 0) is 25.3 Å². The Morgan fingerprint density at radius 1 is 1.33 bits per heavy atom. The minimum atomic E-state index is -3.48. The lowest BCUT2D eigenvalue weighted by Crippen LogP contribution is -2.39. The summed E-state index contributed by atoms with van der Waals surface area (Å²) in [6, 6.07) is 1.91. The van der Waals surface area contributed by atoms with E-state index in [2.05, 4.69) is 5.32 Å². The third-order valence-corrected chi connectivity index (χ3v) is 6.26. The van der Waals surface area contributed by atoms with Crippen LogP contribution in [0.3, 0.4) is 0 Å². The first-order valence-electron chi connectivity index (χ1n) is 7.11. The number of nitrogens with one attached hydrogen (secondary N) is 1. The van der Waals surface area contributed by atoms with E-state index in [1.165, 1.54) is 15.6 Å². The molecule has 0 aliphatic carbocycles. The van der Waals surface area contributed by atoms with Crippen LogP contribution in [0, 0.1) is 0 Å². The summed E-state index contributed by atoms with van der Waals surface area (Å²) < 4.78 is 32.2. The molecule has 0 bridgehead atoms. The molecule has 0 saturated heterocycles. The van der Waals surface area contributed by atoms with Crippen LogP contribution in [0.2, 0.25) is 0 Å². The fraction of sp³-hybridized carbons (Fsp3) is 0.714. The Balaban J connectivity index is 3.02. The van der Waals surface area contributed by atoms with Gasteiger partial charge in [0.05, 0.1) is 11.5 Å². The Kier molecular flexibility index (Phi) is 7.29. The highest BCUT2D eigenvalue weighted by Crippen LogP contribution is 2.26. The van der Waals surface area contributed by atoms with Crippen LogP contribution in [0.5, 0.6) is 0 Å². The van der Waals surface area contributed by atoms with Crippen molar-refractivity contribution in [3.63, 3.8) is 0 Å². The zero-order valence-corrected chi connectivity index (χ0v) is 15.1. The first-order valence-corrected chi connectivity index (χ1v) is 9.43. The Morgan fingerprint density at radius 3 is 2.52 bits per heavy atom. The molecule has 7 heteroatoms. The number of ether oxygens (including phenoxy) is 1. The van der Waals surface area contributed by atoms with Crippen molar-refractivity contribution in [3.8, 4) is 0 Å². The fourth-order valence-corrected chi connectivity index (χ4v) is 4.94. The second kappa shape index (κ2) is 8.24. The number of methoxy groups -OCH3 is 1. The van der Waals surface area contributed by atoms with E-state index in [4.69, 9.17) is 4.74 Å². The second-order valence-corrected chi connectivity index (χ2v) is 8.31.